The van der Waals surface area contributed by atoms with Gasteiger partial charge in [-0.05, 0) is 23.3 Å². The van der Waals surface area contributed by atoms with Crippen LogP contribution in [0.5, 0.6) is 0 Å². The molecule has 1 aromatic heterocycles. The van der Waals surface area contributed by atoms with Gasteiger partial charge in [0.15, 0.2) is 0 Å². The predicted molar refractivity (Wildman–Crippen MR) is 147 cm³/mol. The van der Waals surface area contributed by atoms with Crippen LogP contribution in [0.15, 0.2) is 85.2 Å². The molecule has 1 fully saturated rings. The van der Waals surface area contributed by atoms with E-state index in [-0.39, 0.29) is 28.4 Å². The van der Waals surface area contributed by atoms with Crippen molar-refractivity contribution < 1.29 is 4.92 Å². The van der Waals surface area contributed by atoms with E-state index in [1.807, 2.05) is 41.3 Å². The highest BCUT2D eigenvalue weighted by molar-refractivity contribution is 6.43. The quantitative estimate of drug-likeness (QED) is 0.218. The van der Waals surface area contributed by atoms with Gasteiger partial charge in [0, 0.05) is 26.2 Å². The van der Waals surface area contributed by atoms with Crippen LogP contribution in [0.25, 0.3) is 0 Å². The predicted octanol–water partition coefficient (Wildman–Crippen LogP) is 6.35. The molecule has 0 radical (unpaired) electrons. The van der Waals surface area contributed by atoms with Gasteiger partial charge >= 0.3 is 5.69 Å². The lowest BCUT2D eigenvalue weighted by Gasteiger charge is -2.40. The van der Waals surface area contributed by atoms with Gasteiger partial charge in [-0.1, -0.05) is 89.9 Å². The minimum absolute atomic E-state index is 0.0630. The number of hydrogen-bond donors (Lipinski definition) is 1. The van der Waals surface area contributed by atoms with Crippen LogP contribution in [0, 0.1) is 10.1 Å². The highest BCUT2D eigenvalue weighted by atomic mass is 35.5. The van der Waals surface area contributed by atoms with Crippen LogP contribution in [0.1, 0.15) is 17.2 Å². The number of halogens is 2. The topological polar surface area (TPSA) is 87.4 Å². The molecule has 4 aromatic rings. The Hall–Kier alpha value is -3.72. The van der Waals surface area contributed by atoms with E-state index < -0.39 is 4.92 Å². The normalized spacial score (nSPS) is 14.1. The fraction of sp³-hybridized carbons (Fsp3) is 0.185. The molecule has 1 N–H and O–H groups in total. The van der Waals surface area contributed by atoms with Gasteiger partial charge < -0.3 is 10.2 Å². The molecule has 0 spiro atoms. The van der Waals surface area contributed by atoms with Crippen LogP contribution in [-0.4, -0.2) is 46.0 Å². The van der Waals surface area contributed by atoms with E-state index in [0.29, 0.717) is 36.9 Å². The Morgan fingerprint density at radius 1 is 0.838 bits per heavy atom. The van der Waals surface area contributed by atoms with E-state index in [9.17, 15) is 10.1 Å². The van der Waals surface area contributed by atoms with Crippen molar-refractivity contribution in [1.29, 1.82) is 0 Å². The summed E-state index contributed by atoms with van der Waals surface area (Å²) >= 11 is 12.4. The third-order valence-corrected chi connectivity index (χ3v) is 7.22. The number of aromatic nitrogens is 2. The molecule has 3 aromatic carbocycles. The second kappa shape index (κ2) is 11.1. The lowest BCUT2D eigenvalue weighted by atomic mass is 9.96. The highest BCUT2D eigenvalue weighted by Crippen LogP contribution is 2.38. The van der Waals surface area contributed by atoms with Crippen LogP contribution in [0.2, 0.25) is 10.0 Å². The van der Waals surface area contributed by atoms with Gasteiger partial charge in [-0.3, -0.25) is 15.0 Å². The maximum Gasteiger partial charge on any atom is 0.353 e. The average Bonchev–Trinajstić information content (AvgIpc) is 2.93. The molecule has 37 heavy (non-hydrogen) atoms. The zero-order valence-electron chi connectivity index (χ0n) is 19.8. The summed E-state index contributed by atoms with van der Waals surface area (Å²) < 4.78 is 0. The third kappa shape index (κ3) is 5.36. The molecule has 0 unspecified atom stereocenters. The molecule has 5 rings (SSSR count). The van der Waals surface area contributed by atoms with Crippen LogP contribution in [0.4, 0.5) is 23.0 Å². The summed E-state index contributed by atoms with van der Waals surface area (Å²) in [5, 5.41) is 15.7. The number of benzene rings is 3. The van der Waals surface area contributed by atoms with E-state index in [1.54, 1.807) is 18.2 Å². The molecule has 0 bridgehead atoms. The van der Waals surface area contributed by atoms with Crippen LogP contribution in [-0.2, 0) is 0 Å². The molecular formula is C27H24Cl2N6O2. The molecule has 1 saturated heterocycles. The molecule has 0 atom stereocenters. The largest absolute Gasteiger partial charge is 0.353 e. The second-order valence-corrected chi connectivity index (χ2v) is 9.41. The molecular weight excluding hydrogens is 511 g/mol. The lowest BCUT2D eigenvalue weighted by molar-refractivity contribution is -0.383. The maximum absolute atomic E-state index is 12.2. The van der Waals surface area contributed by atoms with Gasteiger partial charge in [-0.2, -0.15) is 0 Å². The first-order chi connectivity index (χ1) is 18.0. The molecule has 10 heteroatoms. The van der Waals surface area contributed by atoms with Crippen molar-refractivity contribution in [3.8, 4) is 0 Å². The number of anilines is 3. The standard InChI is InChI=1S/C27H24Cl2N6O2/c28-21-12-7-13-22(23(21)29)32-26-25(35(36)37)27(31-18-30-26)34-16-14-33(15-17-34)24(19-8-3-1-4-9-19)20-10-5-2-6-11-20/h1-13,18,24H,14-17H2,(H,30,31,32). The Morgan fingerprint density at radius 2 is 1.46 bits per heavy atom. The van der Waals surface area contributed by atoms with Gasteiger partial charge in [0.2, 0.25) is 11.6 Å². The van der Waals surface area contributed by atoms with E-state index in [4.69, 9.17) is 23.2 Å². The molecule has 8 nitrogen and oxygen atoms in total. The monoisotopic (exact) mass is 534 g/mol. The van der Waals surface area contributed by atoms with Gasteiger partial charge in [-0.25, -0.2) is 9.97 Å². The molecule has 2 heterocycles. The highest BCUT2D eigenvalue weighted by Gasteiger charge is 2.32. The van der Waals surface area contributed by atoms with Crippen molar-refractivity contribution in [2.45, 2.75) is 6.04 Å². The van der Waals surface area contributed by atoms with Crippen LogP contribution >= 0.6 is 23.2 Å². The first-order valence-corrected chi connectivity index (χ1v) is 12.6. The van der Waals surface area contributed by atoms with Crippen LogP contribution in [0.3, 0.4) is 0 Å². The van der Waals surface area contributed by atoms with E-state index in [1.165, 1.54) is 17.5 Å². The molecule has 0 amide bonds. The fourth-order valence-corrected chi connectivity index (χ4v) is 5.01. The van der Waals surface area contributed by atoms with E-state index >= 15 is 0 Å². The first kappa shape index (κ1) is 25.0. The zero-order valence-corrected chi connectivity index (χ0v) is 21.3. The number of piperazine rings is 1. The molecule has 0 saturated carbocycles. The van der Waals surface area contributed by atoms with Gasteiger partial charge in [-0.15, -0.1) is 0 Å². The number of hydrogen-bond acceptors (Lipinski definition) is 7. The summed E-state index contributed by atoms with van der Waals surface area (Å²) in [7, 11) is 0. The van der Waals surface area contributed by atoms with Gasteiger partial charge in [0.05, 0.1) is 26.7 Å². The summed E-state index contributed by atoms with van der Waals surface area (Å²) in [5.74, 6) is 0.337. The number of nitrogens with one attached hydrogen (secondary N) is 1. The minimum atomic E-state index is -0.459. The van der Waals surface area contributed by atoms with Gasteiger partial charge in [0.25, 0.3) is 0 Å². The second-order valence-electron chi connectivity index (χ2n) is 8.62. The zero-order chi connectivity index (χ0) is 25.8. The first-order valence-electron chi connectivity index (χ1n) is 11.8. The number of nitro groups is 1. The smallest absolute Gasteiger partial charge is 0.348 e. The van der Waals surface area contributed by atoms with Crippen molar-refractivity contribution in [1.82, 2.24) is 14.9 Å². The number of rotatable bonds is 7. The van der Waals surface area contributed by atoms with E-state index in [0.717, 1.165) is 0 Å². The number of nitrogens with zero attached hydrogens (tertiary/aromatic N) is 5. The fourth-order valence-electron chi connectivity index (χ4n) is 4.67. The Morgan fingerprint density at radius 3 is 2.05 bits per heavy atom. The summed E-state index contributed by atoms with van der Waals surface area (Å²) in [6.07, 6.45) is 1.33. The summed E-state index contributed by atoms with van der Waals surface area (Å²) in [6.45, 7) is 2.56. The Bertz CT molecular complexity index is 1340. The van der Waals surface area contributed by atoms with Crippen LogP contribution < -0.4 is 10.2 Å². The molecule has 1 aliphatic rings. The maximum atomic E-state index is 12.2. The summed E-state index contributed by atoms with van der Waals surface area (Å²) in [5.41, 5.74) is 2.65. The molecule has 188 valence electrons. The van der Waals surface area contributed by atoms with E-state index in [2.05, 4.69) is 44.5 Å². The van der Waals surface area contributed by atoms with Crippen molar-refractivity contribution >= 4 is 46.2 Å². The average molecular weight is 535 g/mol. The Labute approximate surface area is 224 Å². The molecule has 0 aliphatic carbocycles. The van der Waals surface area contributed by atoms with Crippen molar-refractivity contribution in [2.75, 3.05) is 36.4 Å². The molecule has 1 aliphatic heterocycles. The Balaban J connectivity index is 1.40. The summed E-state index contributed by atoms with van der Waals surface area (Å²) in [6, 6.07) is 25.9. The summed E-state index contributed by atoms with van der Waals surface area (Å²) in [4.78, 5) is 24.5. The third-order valence-electron chi connectivity index (χ3n) is 6.40. The Kier molecular flexibility index (Phi) is 7.50. The van der Waals surface area contributed by atoms with Crippen molar-refractivity contribution in [2.24, 2.45) is 0 Å². The van der Waals surface area contributed by atoms with Crippen molar-refractivity contribution in [3.05, 3.63) is 116 Å². The van der Waals surface area contributed by atoms with Gasteiger partial charge in [0.1, 0.15) is 6.33 Å². The lowest BCUT2D eigenvalue weighted by Crippen LogP contribution is -2.48. The minimum Gasteiger partial charge on any atom is -0.348 e. The van der Waals surface area contributed by atoms with Crippen molar-refractivity contribution in [3.63, 3.8) is 0 Å². The SMILES string of the molecule is O=[N+]([O-])c1c(Nc2cccc(Cl)c2Cl)ncnc1N1CCN(C(c2ccccc2)c2ccccc2)CC1.